The van der Waals surface area contributed by atoms with Gasteiger partial charge in [-0.2, -0.15) is 0 Å². The fraction of sp³-hybridized carbons (Fsp3) is 0.412. The summed E-state index contributed by atoms with van der Waals surface area (Å²) in [6.07, 6.45) is 3.27. The number of hydrogen-bond acceptors (Lipinski definition) is 3. The zero-order chi connectivity index (χ0) is 16.8. The monoisotopic (exact) mass is 336 g/mol. The fourth-order valence-corrected chi connectivity index (χ4v) is 2.63. The molecule has 0 saturated carbocycles. The lowest BCUT2D eigenvalue weighted by Gasteiger charge is -2.32. The first kappa shape index (κ1) is 16.6. The third-order valence-corrected chi connectivity index (χ3v) is 4.74. The Morgan fingerprint density at radius 3 is 2.52 bits per heavy atom. The molecular formula is C17H19BClFO3. The largest absolute Gasteiger partial charge is 0.525 e. The van der Waals surface area contributed by atoms with Crippen molar-refractivity contribution in [3.05, 3.63) is 46.2 Å². The van der Waals surface area contributed by atoms with Gasteiger partial charge >= 0.3 is 7.12 Å². The average molecular weight is 337 g/mol. The maximum atomic E-state index is 14.5. The van der Waals surface area contributed by atoms with Crippen molar-refractivity contribution < 1.29 is 18.4 Å². The molecule has 0 unspecified atom stereocenters. The Hall–Kier alpha value is -1.30. The van der Waals surface area contributed by atoms with E-state index in [1.165, 1.54) is 6.08 Å². The molecule has 1 saturated heterocycles. The van der Waals surface area contributed by atoms with Crippen LogP contribution in [0.5, 0.6) is 5.75 Å². The van der Waals surface area contributed by atoms with Crippen LogP contribution < -0.4 is 4.74 Å². The average Bonchev–Trinajstić information content (AvgIpc) is 2.67. The first-order valence-corrected chi connectivity index (χ1v) is 7.91. The number of benzene rings is 1. The molecule has 0 bridgehead atoms. The number of ether oxygens (including phenoxy) is 1. The van der Waals surface area contributed by atoms with Gasteiger partial charge in [-0.15, -0.1) is 0 Å². The quantitative estimate of drug-likeness (QED) is 0.739. The van der Waals surface area contributed by atoms with E-state index in [2.05, 4.69) is 0 Å². The predicted octanol–water partition coefficient (Wildman–Crippen LogP) is 4.60. The Morgan fingerprint density at radius 2 is 1.87 bits per heavy atom. The maximum absolute atomic E-state index is 14.5. The number of fused-ring (bicyclic) bond motifs is 1. The Labute approximate surface area is 141 Å². The molecule has 1 aromatic rings. The summed E-state index contributed by atoms with van der Waals surface area (Å²) < 4.78 is 31.5. The van der Waals surface area contributed by atoms with E-state index >= 15 is 0 Å². The summed E-state index contributed by atoms with van der Waals surface area (Å²) in [6.45, 7) is 7.85. The van der Waals surface area contributed by atoms with Crippen LogP contribution in [0.4, 0.5) is 4.39 Å². The topological polar surface area (TPSA) is 27.7 Å². The van der Waals surface area contributed by atoms with Gasteiger partial charge in [0.05, 0.1) is 11.2 Å². The van der Waals surface area contributed by atoms with Gasteiger partial charge in [0.15, 0.2) is 0 Å². The first-order valence-electron chi connectivity index (χ1n) is 7.54. The first-order chi connectivity index (χ1) is 10.7. The van der Waals surface area contributed by atoms with Crippen molar-refractivity contribution in [1.82, 2.24) is 0 Å². The Balaban J connectivity index is 1.83. The molecule has 3 nitrogen and oxygen atoms in total. The number of rotatable bonds is 2. The van der Waals surface area contributed by atoms with Crippen LogP contribution in [0.25, 0.3) is 6.08 Å². The summed E-state index contributed by atoms with van der Waals surface area (Å²) in [5.74, 6) is 0.739. The van der Waals surface area contributed by atoms with Gasteiger partial charge in [-0.25, -0.2) is 4.39 Å². The summed E-state index contributed by atoms with van der Waals surface area (Å²) in [5, 5.41) is 0.611. The standard InChI is InChI=1S/C17H19BClFO3/c1-16(2)17(3,4)23-18(22-16)15(20)8-11-7-12-9-13(19)5-6-14(12)21-10-11/h5-9H,10H2,1-4H3. The van der Waals surface area contributed by atoms with Crippen molar-refractivity contribution in [2.45, 2.75) is 38.9 Å². The smallest absolute Gasteiger partial charge is 0.488 e. The highest BCUT2D eigenvalue weighted by Crippen LogP contribution is 2.39. The van der Waals surface area contributed by atoms with Crippen LogP contribution in [-0.2, 0) is 9.31 Å². The third kappa shape index (κ3) is 3.18. The highest BCUT2D eigenvalue weighted by Gasteiger charge is 2.53. The molecule has 0 aromatic heterocycles. The fourth-order valence-electron chi connectivity index (χ4n) is 2.45. The van der Waals surface area contributed by atoms with Gasteiger partial charge in [-0.05, 0) is 63.6 Å². The molecule has 2 aliphatic heterocycles. The van der Waals surface area contributed by atoms with Crippen molar-refractivity contribution in [3.8, 4) is 5.75 Å². The molecule has 1 aromatic carbocycles. The normalized spacial score (nSPS) is 22.4. The summed E-state index contributed by atoms with van der Waals surface area (Å²) in [6, 6.07) is 5.36. The second kappa shape index (κ2) is 5.65. The minimum atomic E-state index is -0.998. The molecule has 1 fully saturated rings. The molecular weight excluding hydrogens is 317 g/mol. The third-order valence-electron chi connectivity index (χ3n) is 4.51. The Morgan fingerprint density at radius 1 is 1.22 bits per heavy atom. The summed E-state index contributed by atoms with van der Waals surface area (Å²) >= 11 is 5.98. The molecule has 0 radical (unpaired) electrons. The second-order valence-corrected chi connectivity index (χ2v) is 7.24. The Kier molecular flexibility index (Phi) is 4.07. The summed E-state index contributed by atoms with van der Waals surface area (Å²) in [4.78, 5) is 0. The molecule has 0 N–H and O–H groups in total. The lowest BCUT2D eigenvalue weighted by atomic mass is 9.86. The molecule has 0 atom stereocenters. The van der Waals surface area contributed by atoms with Gasteiger partial charge in [-0.3, -0.25) is 0 Å². The lowest BCUT2D eigenvalue weighted by molar-refractivity contribution is 0.00578. The minimum absolute atomic E-state index is 0.293. The SMILES string of the molecule is CC1(C)OB(C(F)=CC2=Cc3cc(Cl)ccc3OC2)OC1(C)C. The maximum Gasteiger partial charge on any atom is 0.525 e. The van der Waals surface area contributed by atoms with E-state index in [-0.39, 0.29) is 0 Å². The zero-order valence-electron chi connectivity index (χ0n) is 13.7. The Bertz CT molecular complexity index is 681. The number of hydrogen-bond donors (Lipinski definition) is 0. The minimum Gasteiger partial charge on any atom is -0.488 e. The van der Waals surface area contributed by atoms with Crippen LogP contribution in [0.1, 0.15) is 33.3 Å². The molecule has 23 heavy (non-hydrogen) atoms. The van der Waals surface area contributed by atoms with Crippen LogP contribution >= 0.6 is 11.6 Å². The summed E-state index contributed by atoms with van der Waals surface area (Å²) in [7, 11) is -0.998. The van der Waals surface area contributed by atoms with Crippen molar-refractivity contribution >= 4 is 24.8 Å². The van der Waals surface area contributed by atoms with Gasteiger partial charge in [0.2, 0.25) is 0 Å². The molecule has 3 rings (SSSR count). The van der Waals surface area contributed by atoms with Crippen molar-refractivity contribution in [1.29, 1.82) is 0 Å². The van der Waals surface area contributed by atoms with E-state index in [0.29, 0.717) is 17.2 Å². The zero-order valence-corrected chi connectivity index (χ0v) is 14.4. The predicted molar refractivity (Wildman–Crippen MR) is 90.2 cm³/mol. The van der Waals surface area contributed by atoms with E-state index in [4.69, 9.17) is 25.6 Å². The lowest BCUT2D eigenvalue weighted by Crippen LogP contribution is -2.41. The van der Waals surface area contributed by atoms with Crippen molar-refractivity contribution in [3.63, 3.8) is 0 Å². The molecule has 2 heterocycles. The highest BCUT2D eigenvalue weighted by molar-refractivity contribution is 6.53. The van der Waals surface area contributed by atoms with Crippen molar-refractivity contribution in [2.75, 3.05) is 6.61 Å². The van der Waals surface area contributed by atoms with E-state index in [0.717, 1.165) is 11.3 Å². The molecule has 122 valence electrons. The van der Waals surface area contributed by atoms with Crippen LogP contribution in [0.3, 0.4) is 0 Å². The molecule has 0 spiro atoms. The van der Waals surface area contributed by atoms with Crippen LogP contribution in [-0.4, -0.2) is 24.9 Å². The number of halogens is 2. The molecule has 0 amide bonds. The van der Waals surface area contributed by atoms with Gasteiger partial charge in [0.1, 0.15) is 18.1 Å². The van der Waals surface area contributed by atoms with Crippen LogP contribution in [0.2, 0.25) is 5.02 Å². The molecule has 6 heteroatoms. The van der Waals surface area contributed by atoms with E-state index in [1.807, 2.05) is 33.8 Å². The van der Waals surface area contributed by atoms with Crippen LogP contribution in [0, 0.1) is 0 Å². The van der Waals surface area contributed by atoms with E-state index in [1.54, 1.807) is 18.2 Å². The van der Waals surface area contributed by atoms with E-state index in [9.17, 15) is 4.39 Å². The van der Waals surface area contributed by atoms with Crippen LogP contribution in [0.15, 0.2) is 35.6 Å². The highest BCUT2D eigenvalue weighted by atomic mass is 35.5. The van der Waals surface area contributed by atoms with Gasteiger partial charge in [0.25, 0.3) is 0 Å². The van der Waals surface area contributed by atoms with E-state index < -0.39 is 24.0 Å². The van der Waals surface area contributed by atoms with Gasteiger partial charge in [0, 0.05) is 10.6 Å². The van der Waals surface area contributed by atoms with Crippen molar-refractivity contribution in [2.24, 2.45) is 0 Å². The second-order valence-electron chi connectivity index (χ2n) is 6.81. The summed E-state index contributed by atoms with van der Waals surface area (Å²) in [5.41, 5.74) is -0.0754. The van der Waals surface area contributed by atoms with Gasteiger partial charge < -0.3 is 14.0 Å². The molecule has 2 aliphatic rings. The molecule has 0 aliphatic carbocycles. The van der Waals surface area contributed by atoms with Gasteiger partial charge in [-0.1, -0.05) is 11.6 Å².